The van der Waals surface area contributed by atoms with Crippen molar-refractivity contribution in [2.75, 3.05) is 6.54 Å². The number of hydrogen-bond acceptors (Lipinski definition) is 2. The summed E-state index contributed by atoms with van der Waals surface area (Å²) in [6, 6.07) is 9.85. The predicted octanol–water partition coefficient (Wildman–Crippen LogP) is 3.95. The zero-order valence-corrected chi connectivity index (χ0v) is 11.9. The summed E-state index contributed by atoms with van der Waals surface area (Å²) in [5.74, 6) is 0. The molecule has 2 nitrogen and oxygen atoms in total. The van der Waals surface area contributed by atoms with Gasteiger partial charge in [-0.1, -0.05) is 24.6 Å². The quantitative estimate of drug-likeness (QED) is 0.915. The summed E-state index contributed by atoms with van der Waals surface area (Å²) < 4.78 is 15.3. The van der Waals surface area contributed by atoms with Crippen molar-refractivity contribution < 1.29 is 4.39 Å². The molecule has 1 aromatic heterocycles. The largest absolute Gasteiger partial charge is 0.314 e. The molecule has 3 rings (SSSR count). The van der Waals surface area contributed by atoms with Crippen LogP contribution in [-0.4, -0.2) is 17.6 Å². The Bertz CT molecular complexity index is 583. The van der Waals surface area contributed by atoms with Gasteiger partial charge in [0.25, 0.3) is 0 Å². The molecule has 0 saturated carbocycles. The number of nitrogens with one attached hydrogen (secondary N) is 1. The summed E-state index contributed by atoms with van der Waals surface area (Å²) >= 11 is 0. The molecule has 0 amide bonds. The van der Waals surface area contributed by atoms with Gasteiger partial charge in [-0.3, -0.25) is 4.98 Å². The van der Waals surface area contributed by atoms with Crippen molar-refractivity contribution in [1.82, 2.24) is 10.3 Å². The zero-order valence-electron chi connectivity index (χ0n) is 11.9. The van der Waals surface area contributed by atoms with Crippen molar-refractivity contribution in [3.63, 3.8) is 0 Å². The van der Waals surface area contributed by atoms with Gasteiger partial charge < -0.3 is 5.32 Å². The molecule has 1 aliphatic rings. The van der Waals surface area contributed by atoms with E-state index in [2.05, 4.69) is 10.3 Å². The first kappa shape index (κ1) is 13.5. The third-order valence-corrected chi connectivity index (χ3v) is 4.25. The minimum atomic E-state index is -1.32. The lowest BCUT2D eigenvalue weighted by molar-refractivity contribution is 0.148. The lowest BCUT2D eigenvalue weighted by Crippen LogP contribution is -2.38. The Morgan fingerprint density at radius 2 is 2.20 bits per heavy atom. The Morgan fingerprint density at radius 3 is 3.00 bits per heavy atom. The Labute approximate surface area is 119 Å². The molecule has 1 N–H and O–H groups in total. The highest BCUT2D eigenvalue weighted by Crippen LogP contribution is 2.36. The Morgan fingerprint density at radius 1 is 1.30 bits per heavy atom. The first-order chi connectivity index (χ1) is 9.67. The second kappa shape index (κ2) is 5.49. The number of fused-ring (bicyclic) bond motifs is 1. The highest BCUT2D eigenvalue weighted by molar-refractivity contribution is 5.82. The van der Waals surface area contributed by atoms with E-state index in [-0.39, 0.29) is 6.04 Å². The molecular weight excluding hydrogens is 251 g/mol. The van der Waals surface area contributed by atoms with Gasteiger partial charge in [0.1, 0.15) is 5.67 Å². The number of benzene rings is 1. The number of halogens is 1. The number of pyridine rings is 1. The van der Waals surface area contributed by atoms with Gasteiger partial charge in [0.05, 0.1) is 5.52 Å². The van der Waals surface area contributed by atoms with Crippen LogP contribution in [0.5, 0.6) is 0 Å². The van der Waals surface area contributed by atoms with E-state index >= 15 is 4.39 Å². The van der Waals surface area contributed by atoms with Gasteiger partial charge in [0.2, 0.25) is 0 Å². The summed E-state index contributed by atoms with van der Waals surface area (Å²) in [6.45, 7) is 2.71. The Balaban J connectivity index is 1.91. The first-order valence-corrected chi connectivity index (χ1v) is 7.43. The van der Waals surface area contributed by atoms with E-state index in [9.17, 15) is 0 Å². The van der Waals surface area contributed by atoms with Crippen LogP contribution >= 0.6 is 0 Å². The molecule has 0 spiro atoms. The van der Waals surface area contributed by atoms with E-state index in [1.165, 1.54) is 12.8 Å². The van der Waals surface area contributed by atoms with Gasteiger partial charge in [-0.15, -0.1) is 0 Å². The molecule has 1 saturated heterocycles. The van der Waals surface area contributed by atoms with E-state index < -0.39 is 5.67 Å². The number of nitrogens with zero attached hydrogens (tertiary/aromatic N) is 1. The number of alkyl halides is 1. The minimum Gasteiger partial charge on any atom is -0.314 e. The number of hydrogen-bond donors (Lipinski definition) is 1. The average Bonchev–Trinajstić information content (AvgIpc) is 2.47. The van der Waals surface area contributed by atoms with Crippen LogP contribution in [0, 0.1) is 0 Å². The Hall–Kier alpha value is -1.48. The third kappa shape index (κ3) is 2.68. The van der Waals surface area contributed by atoms with Crippen LogP contribution in [0.2, 0.25) is 0 Å². The molecule has 106 valence electrons. The predicted molar refractivity (Wildman–Crippen MR) is 80.5 cm³/mol. The van der Waals surface area contributed by atoms with Crippen molar-refractivity contribution in [2.24, 2.45) is 0 Å². The summed E-state index contributed by atoms with van der Waals surface area (Å²) in [7, 11) is 0. The second-order valence-electron chi connectivity index (χ2n) is 5.92. The summed E-state index contributed by atoms with van der Waals surface area (Å²) in [5, 5.41) is 4.36. The van der Waals surface area contributed by atoms with E-state index in [1.54, 1.807) is 13.1 Å². The fourth-order valence-electron chi connectivity index (χ4n) is 3.23. The van der Waals surface area contributed by atoms with Crippen LogP contribution in [0.25, 0.3) is 10.9 Å². The van der Waals surface area contributed by atoms with Gasteiger partial charge >= 0.3 is 0 Å². The normalized spacial score (nSPS) is 22.6. The zero-order chi connectivity index (χ0) is 14.0. The average molecular weight is 272 g/mol. The number of piperidine rings is 1. The molecule has 20 heavy (non-hydrogen) atoms. The molecule has 2 heterocycles. The van der Waals surface area contributed by atoms with Gasteiger partial charge in [-0.2, -0.15) is 0 Å². The van der Waals surface area contributed by atoms with Gasteiger partial charge in [-0.05, 0) is 44.0 Å². The third-order valence-electron chi connectivity index (χ3n) is 4.25. The molecule has 1 fully saturated rings. The molecular formula is C17H21FN2. The monoisotopic (exact) mass is 272 g/mol. The molecule has 0 bridgehead atoms. The van der Waals surface area contributed by atoms with Crippen molar-refractivity contribution in [1.29, 1.82) is 0 Å². The topological polar surface area (TPSA) is 24.9 Å². The van der Waals surface area contributed by atoms with Crippen LogP contribution < -0.4 is 5.32 Å². The van der Waals surface area contributed by atoms with Crippen LogP contribution in [0.1, 0.15) is 38.2 Å². The molecule has 0 aliphatic carbocycles. The molecule has 1 aliphatic heterocycles. The molecule has 2 atom stereocenters. The maximum atomic E-state index is 15.3. The van der Waals surface area contributed by atoms with Crippen molar-refractivity contribution in [2.45, 2.75) is 44.3 Å². The van der Waals surface area contributed by atoms with Crippen LogP contribution in [0.4, 0.5) is 4.39 Å². The van der Waals surface area contributed by atoms with Crippen LogP contribution in [0.3, 0.4) is 0 Å². The SMILES string of the molecule is CC(F)(CC1CCCCN1)c1cccc2ncccc12. The van der Waals surface area contributed by atoms with Crippen molar-refractivity contribution in [3.8, 4) is 0 Å². The van der Waals surface area contributed by atoms with Gasteiger partial charge in [0.15, 0.2) is 0 Å². The molecule has 1 aromatic carbocycles. The Kier molecular flexibility index (Phi) is 3.70. The summed E-state index contributed by atoms with van der Waals surface area (Å²) in [5.41, 5.74) is 0.304. The standard InChI is InChI=1S/C17H21FN2/c1-17(18,12-13-6-2-3-10-19-13)15-8-4-9-16-14(15)7-5-11-20-16/h4-5,7-9,11,13,19H,2-3,6,10,12H2,1H3. The maximum Gasteiger partial charge on any atom is 0.135 e. The van der Waals surface area contributed by atoms with E-state index in [4.69, 9.17) is 0 Å². The highest BCUT2D eigenvalue weighted by atomic mass is 19.1. The van der Waals surface area contributed by atoms with E-state index in [0.29, 0.717) is 6.42 Å². The lowest BCUT2D eigenvalue weighted by Gasteiger charge is -2.30. The second-order valence-corrected chi connectivity index (χ2v) is 5.92. The lowest BCUT2D eigenvalue weighted by atomic mass is 9.86. The summed E-state index contributed by atoms with van der Waals surface area (Å²) in [6.07, 6.45) is 5.76. The van der Waals surface area contributed by atoms with Crippen LogP contribution in [-0.2, 0) is 5.67 Å². The van der Waals surface area contributed by atoms with Crippen molar-refractivity contribution >= 4 is 10.9 Å². The fraction of sp³-hybridized carbons (Fsp3) is 0.471. The van der Waals surface area contributed by atoms with Crippen LogP contribution in [0.15, 0.2) is 36.5 Å². The molecule has 2 aromatic rings. The fourth-order valence-corrected chi connectivity index (χ4v) is 3.23. The first-order valence-electron chi connectivity index (χ1n) is 7.43. The smallest absolute Gasteiger partial charge is 0.135 e. The highest BCUT2D eigenvalue weighted by Gasteiger charge is 2.31. The summed E-state index contributed by atoms with van der Waals surface area (Å²) in [4.78, 5) is 4.32. The molecule has 2 unspecified atom stereocenters. The maximum absolute atomic E-state index is 15.3. The van der Waals surface area contributed by atoms with Gasteiger partial charge in [0, 0.05) is 24.0 Å². The molecule has 3 heteroatoms. The molecule has 0 radical (unpaired) electrons. The van der Waals surface area contributed by atoms with E-state index in [1.807, 2.05) is 30.3 Å². The minimum absolute atomic E-state index is 0.283. The van der Waals surface area contributed by atoms with Gasteiger partial charge in [-0.25, -0.2) is 4.39 Å². The number of rotatable bonds is 3. The van der Waals surface area contributed by atoms with Crippen molar-refractivity contribution in [3.05, 3.63) is 42.1 Å². The van der Waals surface area contributed by atoms with E-state index in [0.717, 1.165) is 29.4 Å². The number of aromatic nitrogens is 1.